The van der Waals surface area contributed by atoms with Gasteiger partial charge in [0.05, 0.1) is 16.8 Å². The first kappa shape index (κ1) is 25.2. The average molecular weight is 541 g/mol. The standard InChI is InChI=1S/C30H21ClN2O4S/c31-27-23-14-6-9-17-26(23)38-28(27)30(35)37-24-15-7-4-12-21(24)18-32-33-29(34)22-13-5-8-16-25(22)36-19-20-10-2-1-3-11-20/h1-18H,19H2,(H,33,34). The summed E-state index contributed by atoms with van der Waals surface area (Å²) in [5, 5.41) is 5.24. The lowest BCUT2D eigenvalue weighted by Crippen LogP contribution is -2.19. The van der Waals surface area contributed by atoms with Crippen LogP contribution in [-0.4, -0.2) is 18.1 Å². The first-order valence-corrected chi connectivity index (χ1v) is 12.9. The molecule has 0 unspecified atom stereocenters. The zero-order valence-corrected chi connectivity index (χ0v) is 21.5. The molecule has 0 saturated carbocycles. The predicted octanol–water partition coefficient (Wildman–Crippen LogP) is 7.12. The number of rotatable bonds is 8. The maximum Gasteiger partial charge on any atom is 0.355 e. The third kappa shape index (κ3) is 5.75. The molecule has 0 aliphatic rings. The van der Waals surface area contributed by atoms with Crippen LogP contribution in [0.25, 0.3) is 10.1 Å². The van der Waals surface area contributed by atoms with Gasteiger partial charge in [0, 0.05) is 15.6 Å². The Balaban J connectivity index is 1.27. The van der Waals surface area contributed by atoms with E-state index in [2.05, 4.69) is 10.5 Å². The molecule has 0 aliphatic carbocycles. The van der Waals surface area contributed by atoms with Gasteiger partial charge in [0.2, 0.25) is 0 Å². The first-order chi connectivity index (χ1) is 18.6. The number of carbonyl (C=O) groups excluding carboxylic acids is 2. The number of hydrogen-bond acceptors (Lipinski definition) is 6. The fourth-order valence-corrected chi connectivity index (χ4v) is 5.09. The van der Waals surface area contributed by atoms with Gasteiger partial charge in [0.15, 0.2) is 0 Å². The van der Waals surface area contributed by atoms with E-state index in [4.69, 9.17) is 21.1 Å². The largest absolute Gasteiger partial charge is 0.488 e. The smallest absolute Gasteiger partial charge is 0.355 e. The van der Waals surface area contributed by atoms with Gasteiger partial charge < -0.3 is 9.47 Å². The van der Waals surface area contributed by atoms with Crippen LogP contribution in [0.3, 0.4) is 0 Å². The first-order valence-electron chi connectivity index (χ1n) is 11.7. The molecule has 4 aromatic carbocycles. The van der Waals surface area contributed by atoms with Gasteiger partial charge in [-0.2, -0.15) is 5.10 Å². The second-order valence-corrected chi connectivity index (χ2v) is 9.57. The molecule has 0 atom stereocenters. The monoisotopic (exact) mass is 540 g/mol. The van der Waals surface area contributed by atoms with Gasteiger partial charge in [-0.3, -0.25) is 4.79 Å². The Kier molecular flexibility index (Phi) is 7.78. The topological polar surface area (TPSA) is 77.0 Å². The second-order valence-electron chi connectivity index (χ2n) is 8.14. The lowest BCUT2D eigenvalue weighted by Gasteiger charge is -2.10. The summed E-state index contributed by atoms with van der Waals surface area (Å²) >= 11 is 7.70. The van der Waals surface area contributed by atoms with Crippen LogP contribution in [0.15, 0.2) is 108 Å². The van der Waals surface area contributed by atoms with Gasteiger partial charge in [-0.05, 0) is 35.9 Å². The van der Waals surface area contributed by atoms with E-state index in [9.17, 15) is 9.59 Å². The summed E-state index contributed by atoms with van der Waals surface area (Å²) in [5.74, 6) is -0.267. The van der Waals surface area contributed by atoms with E-state index >= 15 is 0 Å². The lowest BCUT2D eigenvalue weighted by molar-refractivity contribution is 0.0739. The third-order valence-corrected chi connectivity index (χ3v) is 7.24. The second kappa shape index (κ2) is 11.7. The van der Waals surface area contributed by atoms with Crippen LogP contribution in [0, 0.1) is 0 Å². The Bertz CT molecular complexity index is 1630. The molecule has 5 rings (SSSR count). The zero-order valence-electron chi connectivity index (χ0n) is 20.0. The van der Waals surface area contributed by atoms with Crippen LogP contribution in [0.2, 0.25) is 5.02 Å². The van der Waals surface area contributed by atoms with E-state index in [1.807, 2.05) is 54.6 Å². The van der Waals surface area contributed by atoms with Crippen LogP contribution >= 0.6 is 22.9 Å². The van der Waals surface area contributed by atoms with Crippen LogP contribution < -0.4 is 14.9 Å². The highest BCUT2D eigenvalue weighted by Crippen LogP contribution is 2.36. The number of hydrazone groups is 1. The number of nitrogens with zero attached hydrogens (tertiary/aromatic N) is 1. The highest BCUT2D eigenvalue weighted by Gasteiger charge is 2.20. The van der Waals surface area contributed by atoms with Crippen molar-refractivity contribution in [2.75, 3.05) is 0 Å². The van der Waals surface area contributed by atoms with Crippen molar-refractivity contribution in [1.82, 2.24) is 5.43 Å². The molecule has 188 valence electrons. The number of benzene rings is 4. The van der Waals surface area contributed by atoms with Gasteiger partial charge in [-0.15, -0.1) is 11.3 Å². The molecule has 0 spiro atoms. The van der Waals surface area contributed by atoms with Gasteiger partial charge in [0.25, 0.3) is 5.91 Å². The van der Waals surface area contributed by atoms with Crippen molar-refractivity contribution in [3.8, 4) is 11.5 Å². The van der Waals surface area contributed by atoms with Gasteiger partial charge in [-0.1, -0.05) is 84.4 Å². The van der Waals surface area contributed by atoms with Crippen LogP contribution in [0.1, 0.15) is 31.2 Å². The van der Waals surface area contributed by atoms with E-state index in [-0.39, 0.29) is 5.75 Å². The molecule has 0 aliphatic heterocycles. The molecule has 5 aromatic rings. The summed E-state index contributed by atoms with van der Waals surface area (Å²) in [6.07, 6.45) is 1.42. The Morgan fingerprint density at radius 1 is 0.842 bits per heavy atom. The number of carbonyl (C=O) groups is 2. The molecule has 0 radical (unpaired) electrons. The van der Waals surface area contributed by atoms with Crippen LogP contribution in [0.5, 0.6) is 11.5 Å². The molecule has 0 bridgehead atoms. The maximum absolute atomic E-state index is 12.9. The number of hydrogen-bond donors (Lipinski definition) is 1. The molecular weight excluding hydrogens is 520 g/mol. The van der Waals surface area contributed by atoms with E-state index < -0.39 is 11.9 Å². The summed E-state index contributed by atoms with van der Waals surface area (Å²) in [6, 6.07) is 31.0. The van der Waals surface area contributed by atoms with E-state index in [0.29, 0.717) is 33.4 Å². The number of esters is 1. The summed E-state index contributed by atoms with van der Waals surface area (Å²) in [5.41, 5.74) is 4.36. The quantitative estimate of drug-likeness (QED) is 0.0984. The highest BCUT2D eigenvalue weighted by atomic mass is 35.5. The van der Waals surface area contributed by atoms with Crippen molar-refractivity contribution in [2.24, 2.45) is 5.10 Å². The normalized spacial score (nSPS) is 11.0. The molecule has 1 N–H and O–H groups in total. The number of thiophene rings is 1. The number of fused-ring (bicyclic) bond motifs is 1. The minimum Gasteiger partial charge on any atom is -0.488 e. The lowest BCUT2D eigenvalue weighted by atomic mass is 10.2. The maximum atomic E-state index is 12.9. The van der Waals surface area contributed by atoms with Crippen molar-refractivity contribution >= 4 is 51.1 Å². The number of halogens is 1. The van der Waals surface area contributed by atoms with Crippen LogP contribution in [0.4, 0.5) is 0 Å². The fourth-order valence-electron chi connectivity index (χ4n) is 3.71. The van der Waals surface area contributed by atoms with Crippen molar-refractivity contribution in [2.45, 2.75) is 6.61 Å². The van der Waals surface area contributed by atoms with Gasteiger partial charge in [0.1, 0.15) is 23.0 Å². The summed E-state index contributed by atoms with van der Waals surface area (Å²) in [4.78, 5) is 26.1. The molecule has 0 fully saturated rings. The zero-order chi connectivity index (χ0) is 26.3. The Morgan fingerprint density at radius 2 is 1.53 bits per heavy atom. The SMILES string of the molecule is O=C(NN=Cc1ccccc1OC(=O)c1sc2ccccc2c1Cl)c1ccccc1OCc1ccccc1. The van der Waals surface area contributed by atoms with E-state index in [1.54, 1.807) is 48.5 Å². The molecule has 0 saturated heterocycles. The molecular formula is C30H21ClN2O4S. The van der Waals surface area contributed by atoms with Gasteiger partial charge >= 0.3 is 5.97 Å². The number of nitrogens with one attached hydrogen (secondary N) is 1. The number of para-hydroxylation sites is 2. The molecule has 38 heavy (non-hydrogen) atoms. The Hall–Kier alpha value is -4.46. The molecule has 1 aromatic heterocycles. The van der Waals surface area contributed by atoms with Crippen molar-refractivity contribution in [3.05, 3.63) is 130 Å². The van der Waals surface area contributed by atoms with E-state index in [1.165, 1.54) is 17.6 Å². The summed E-state index contributed by atoms with van der Waals surface area (Å²) in [6.45, 7) is 0.330. The Morgan fingerprint density at radius 3 is 2.34 bits per heavy atom. The predicted molar refractivity (Wildman–Crippen MR) is 151 cm³/mol. The third-order valence-electron chi connectivity index (χ3n) is 5.58. The minimum absolute atomic E-state index is 0.288. The molecule has 6 nitrogen and oxygen atoms in total. The average Bonchev–Trinajstić information content (AvgIpc) is 3.30. The Labute approximate surface area is 228 Å². The summed E-state index contributed by atoms with van der Waals surface area (Å²) in [7, 11) is 0. The molecule has 1 heterocycles. The minimum atomic E-state index is -0.564. The number of ether oxygens (including phenoxy) is 2. The highest BCUT2D eigenvalue weighted by molar-refractivity contribution is 7.21. The van der Waals surface area contributed by atoms with Crippen molar-refractivity contribution < 1.29 is 19.1 Å². The molecule has 1 amide bonds. The van der Waals surface area contributed by atoms with Crippen molar-refractivity contribution in [3.63, 3.8) is 0 Å². The summed E-state index contributed by atoms with van der Waals surface area (Å²) < 4.78 is 12.4. The van der Waals surface area contributed by atoms with E-state index in [0.717, 1.165) is 15.6 Å². The fraction of sp³-hybridized carbons (Fsp3) is 0.0333. The van der Waals surface area contributed by atoms with Crippen molar-refractivity contribution in [1.29, 1.82) is 0 Å². The van der Waals surface area contributed by atoms with Crippen LogP contribution in [-0.2, 0) is 6.61 Å². The van der Waals surface area contributed by atoms with Gasteiger partial charge in [-0.25, -0.2) is 10.2 Å². The molecule has 8 heteroatoms. The number of amides is 1.